The van der Waals surface area contributed by atoms with Crippen LogP contribution in [0.3, 0.4) is 0 Å². The number of hydrogen-bond donors (Lipinski definition) is 0. The Morgan fingerprint density at radius 1 is 1.27 bits per heavy atom. The number of halogens is 1. The molecule has 2 amide bonds. The van der Waals surface area contributed by atoms with Gasteiger partial charge in [0.1, 0.15) is 18.4 Å². The van der Waals surface area contributed by atoms with Gasteiger partial charge < -0.3 is 19.3 Å². The summed E-state index contributed by atoms with van der Waals surface area (Å²) >= 11 is 0. The van der Waals surface area contributed by atoms with Crippen LogP contribution in [0.15, 0.2) is 11.3 Å². The zero-order chi connectivity index (χ0) is 19.3. The summed E-state index contributed by atoms with van der Waals surface area (Å²) in [7, 11) is 0. The van der Waals surface area contributed by atoms with E-state index in [-0.39, 0.29) is 32.0 Å². The Morgan fingerprint density at radius 2 is 1.92 bits per heavy atom. The topological polar surface area (TPSA) is 76.2 Å². The smallest absolute Gasteiger partial charge is 0.410 e. The average Bonchev–Trinajstić information content (AvgIpc) is 3.03. The lowest BCUT2D eigenvalue weighted by atomic mass is 9.75. The molecule has 2 fully saturated rings. The maximum atomic E-state index is 15.1. The molecule has 0 aromatic rings. The molecule has 0 saturated carbocycles. The van der Waals surface area contributed by atoms with Gasteiger partial charge in [-0.3, -0.25) is 4.79 Å². The first kappa shape index (κ1) is 18.7. The molecule has 0 aliphatic carbocycles. The van der Waals surface area contributed by atoms with E-state index in [4.69, 9.17) is 9.47 Å². The first-order valence-electron chi connectivity index (χ1n) is 8.86. The van der Waals surface area contributed by atoms with E-state index in [0.717, 1.165) is 0 Å². The zero-order valence-corrected chi connectivity index (χ0v) is 15.6. The molecule has 0 aromatic carbocycles. The van der Waals surface area contributed by atoms with E-state index < -0.39 is 29.3 Å². The molecule has 144 valence electrons. The summed E-state index contributed by atoms with van der Waals surface area (Å²) in [5.41, 5.74) is -0.871. The molecule has 0 unspecified atom stereocenters. The summed E-state index contributed by atoms with van der Waals surface area (Å²) in [6.07, 6.45) is -1.44. The highest BCUT2D eigenvalue weighted by molar-refractivity contribution is 5.94. The molecule has 2 saturated heterocycles. The number of esters is 1. The molecule has 3 rings (SSSR count). The molecule has 8 heteroatoms. The molecule has 26 heavy (non-hydrogen) atoms. The van der Waals surface area contributed by atoms with Crippen LogP contribution in [0.5, 0.6) is 0 Å². The largest absolute Gasteiger partial charge is 0.456 e. The van der Waals surface area contributed by atoms with Crippen LogP contribution in [-0.2, 0) is 19.1 Å². The van der Waals surface area contributed by atoms with Gasteiger partial charge in [-0.1, -0.05) is 0 Å². The Kier molecular flexibility index (Phi) is 4.48. The molecule has 1 spiro atoms. The van der Waals surface area contributed by atoms with Crippen molar-refractivity contribution in [2.24, 2.45) is 5.41 Å². The molecule has 0 aromatic heterocycles. The summed E-state index contributed by atoms with van der Waals surface area (Å²) in [5.74, 6) is -0.758. The van der Waals surface area contributed by atoms with E-state index >= 15 is 4.39 Å². The normalized spacial score (nSPS) is 29.7. The van der Waals surface area contributed by atoms with Crippen LogP contribution >= 0.6 is 0 Å². The summed E-state index contributed by atoms with van der Waals surface area (Å²) in [5, 5.41) is 0. The number of carbonyl (C=O) groups is 3. The van der Waals surface area contributed by atoms with Crippen molar-refractivity contribution in [3.63, 3.8) is 0 Å². The van der Waals surface area contributed by atoms with E-state index in [9.17, 15) is 14.4 Å². The number of piperidine rings is 1. The van der Waals surface area contributed by atoms with Gasteiger partial charge in [-0.05, 0) is 40.5 Å². The van der Waals surface area contributed by atoms with Gasteiger partial charge in [0, 0.05) is 13.1 Å². The van der Waals surface area contributed by atoms with Gasteiger partial charge in [-0.25, -0.2) is 14.0 Å². The number of nitrogens with zero attached hydrogens (tertiary/aromatic N) is 2. The summed E-state index contributed by atoms with van der Waals surface area (Å²) in [6.45, 7) is 7.38. The van der Waals surface area contributed by atoms with Crippen LogP contribution in [0, 0.1) is 5.41 Å². The monoisotopic (exact) mass is 368 g/mol. The minimum Gasteiger partial charge on any atom is -0.456 e. The number of cyclic esters (lactones) is 1. The van der Waals surface area contributed by atoms with Crippen LogP contribution in [0.4, 0.5) is 9.18 Å². The number of likely N-dealkylation sites (tertiary alicyclic amines) is 2. The number of ether oxygens (including phenoxy) is 2. The first-order valence-corrected chi connectivity index (χ1v) is 8.86. The fourth-order valence-corrected chi connectivity index (χ4v) is 3.76. The first-order chi connectivity index (χ1) is 12.0. The third kappa shape index (κ3) is 3.05. The van der Waals surface area contributed by atoms with E-state index in [1.54, 1.807) is 27.7 Å². The van der Waals surface area contributed by atoms with Gasteiger partial charge in [0.2, 0.25) is 5.91 Å². The molecular weight excluding hydrogens is 343 g/mol. The number of alkyl halides is 1. The predicted octanol–water partition coefficient (Wildman–Crippen LogP) is 2.01. The van der Waals surface area contributed by atoms with E-state index in [2.05, 4.69) is 0 Å². The Labute approximate surface area is 152 Å². The van der Waals surface area contributed by atoms with Crippen LogP contribution in [0.2, 0.25) is 0 Å². The van der Waals surface area contributed by atoms with Gasteiger partial charge in [-0.15, -0.1) is 0 Å². The van der Waals surface area contributed by atoms with Crippen LogP contribution < -0.4 is 0 Å². The highest BCUT2D eigenvalue weighted by Gasteiger charge is 2.56. The standard InChI is InChI=1S/C18H25FN2O5/c1-11-12(10-25-14(11)22)21-8-6-18(15(21)23)5-7-20(9-13(18)19)16(24)26-17(2,3)4/h13H,5-10H2,1-4H3/t13-,18+/m1/s1. The minimum absolute atomic E-state index is 0.0491. The second-order valence-electron chi connectivity index (χ2n) is 8.15. The molecule has 0 bridgehead atoms. The van der Waals surface area contributed by atoms with Crippen molar-refractivity contribution in [3.05, 3.63) is 11.3 Å². The number of hydrogen-bond acceptors (Lipinski definition) is 5. The maximum absolute atomic E-state index is 15.1. The SMILES string of the molecule is CC1=C(N2CC[C@]3(CCN(C(=O)OC(C)(C)C)C[C@H]3F)C2=O)COC1=O. The molecule has 0 radical (unpaired) electrons. The Hall–Kier alpha value is -2.12. The molecular formula is C18H25FN2O5. The third-order valence-corrected chi connectivity index (χ3v) is 5.32. The highest BCUT2D eigenvalue weighted by atomic mass is 19.1. The number of amides is 2. The predicted molar refractivity (Wildman–Crippen MR) is 89.7 cm³/mol. The van der Waals surface area contributed by atoms with Gasteiger partial charge >= 0.3 is 12.1 Å². The molecule has 3 heterocycles. The van der Waals surface area contributed by atoms with Crippen molar-refractivity contribution in [1.29, 1.82) is 0 Å². The van der Waals surface area contributed by atoms with Crippen LogP contribution in [0.1, 0.15) is 40.5 Å². The number of carbonyl (C=O) groups excluding carboxylic acids is 3. The van der Waals surface area contributed by atoms with Crippen LogP contribution in [-0.4, -0.2) is 65.8 Å². The summed E-state index contributed by atoms with van der Waals surface area (Å²) in [4.78, 5) is 39.5. The second-order valence-corrected chi connectivity index (χ2v) is 8.15. The summed E-state index contributed by atoms with van der Waals surface area (Å²) < 4.78 is 25.3. The molecule has 7 nitrogen and oxygen atoms in total. The average molecular weight is 368 g/mol. The minimum atomic E-state index is -1.47. The Bertz CT molecular complexity index is 684. The quantitative estimate of drug-likeness (QED) is 0.662. The fourth-order valence-electron chi connectivity index (χ4n) is 3.76. The zero-order valence-electron chi connectivity index (χ0n) is 15.6. The second kappa shape index (κ2) is 6.25. The van der Waals surface area contributed by atoms with Crippen molar-refractivity contribution >= 4 is 18.0 Å². The van der Waals surface area contributed by atoms with Crippen LogP contribution in [0.25, 0.3) is 0 Å². The van der Waals surface area contributed by atoms with Crippen molar-refractivity contribution in [2.75, 3.05) is 26.2 Å². The van der Waals surface area contributed by atoms with Gasteiger partial charge in [0.25, 0.3) is 0 Å². The molecule has 3 aliphatic heterocycles. The van der Waals surface area contributed by atoms with Crippen molar-refractivity contribution in [2.45, 2.75) is 52.3 Å². The van der Waals surface area contributed by atoms with Crippen molar-refractivity contribution < 1.29 is 28.2 Å². The van der Waals surface area contributed by atoms with Gasteiger partial charge in [0.05, 0.1) is 23.2 Å². The molecule has 2 atom stereocenters. The molecule has 3 aliphatic rings. The third-order valence-electron chi connectivity index (χ3n) is 5.32. The lowest BCUT2D eigenvalue weighted by molar-refractivity contribution is -0.142. The van der Waals surface area contributed by atoms with Crippen molar-refractivity contribution in [3.8, 4) is 0 Å². The number of rotatable bonds is 1. The lowest BCUT2D eigenvalue weighted by Gasteiger charge is -2.40. The van der Waals surface area contributed by atoms with E-state index in [0.29, 0.717) is 24.2 Å². The fraction of sp³-hybridized carbons (Fsp3) is 0.722. The summed E-state index contributed by atoms with van der Waals surface area (Å²) in [6, 6.07) is 0. The maximum Gasteiger partial charge on any atom is 0.410 e. The molecule has 0 N–H and O–H groups in total. The Balaban J connectivity index is 1.72. The van der Waals surface area contributed by atoms with E-state index in [1.807, 2.05) is 0 Å². The van der Waals surface area contributed by atoms with Crippen molar-refractivity contribution in [1.82, 2.24) is 9.80 Å². The van der Waals surface area contributed by atoms with E-state index in [1.165, 1.54) is 9.80 Å². The lowest BCUT2D eigenvalue weighted by Crippen LogP contribution is -2.54. The van der Waals surface area contributed by atoms with Gasteiger partial charge in [-0.2, -0.15) is 0 Å². The van der Waals surface area contributed by atoms with Gasteiger partial charge in [0.15, 0.2) is 0 Å². The Morgan fingerprint density at radius 3 is 2.46 bits per heavy atom. The highest BCUT2D eigenvalue weighted by Crippen LogP contribution is 2.45.